The second-order valence-corrected chi connectivity index (χ2v) is 5.64. The lowest BCUT2D eigenvalue weighted by atomic mass is 9.98. The second kappa shape index (κ2) is 4.17. The largest absolute Gasteiger partial charge is 0.350 e. The first-order valence-electron chi connectivity index (χ1n) is 6.01. The summed E-state index contributed by atoms with van der Waals surface area (Å²) in [7, 11) is 0. The third kappa shape index (κ3) is 2.26. The maximum atomic E-state index is 11.7. The van der Waals surface area contributed by atoms with Gasteiger partial charge in [-0.1, -0.05) is 0 Å². The van der Waals surface area contributed by atoms with E-state index in [4.69, 9.17) is 0 Å². The van der Waals surface area contributed by atoms with Gasteiger partial charge in [0.25, 0.3) is 5.91 Å². The Balaban J connectivity index is 1.53. The Morgan fingerprint density at radius 1 is 1.44 bits per heavy atom. The molecule has 1 N–H and O–H groups in total. The van der Waals surface area contributed by atoms with Gasteiger partial charge in [0, 0.05) is 11.9 Å². The molecule has 0 atom stereocenters. The third-order valence-corrected chi connectivity index (χ3v) is 4.20. The summed E-state index contributed by atoms with van der Waals surface area (Å²) >= 11 is 1.47. The van der Waals surface area contributed by atoms with Crippen LogP contribution in [0.15, 0.2) is 10.9 Å². The van der Waals surface area contributed by atoms with Crippen molar-refractivity contribution in [3.63, 3.8) is 0 Å². The van der Waals surface area contributed by atoms with E-state index in [0.29, 0.717) is 5.69 Å². The molecule has 2 aliphatic carbocycles. The molecule has 1 aromatic rings. The average molecular weight is 236 g/mol. The summed E-state index contributed by atoms with van der Waals surface area (Å²) in [5.74, 6) is 2.52. The number of nitrogens with zero attached hydrogens (tertiary/aromatic N) is 1. The minimum Gasteiger partial charge on any atom is -0.350 e. The molecule has 0 aromatic carbocycles. The second-order valence-electron chi connectivity index (χ2n) is 4.92. The quantitative estimate of drug-likeness (QED) is 0.852. The zero-order valence-electron chi connectivity index (χ0n) is 9.19. The van der Waals surface area contributed by atoms with Crippen molar-refractivity contribution in [2.24, 2.45) is 17.8 Å². The lowest BCUT2D eigenvalue weighted by Gasteiger charge is -2.15. The van der Waals surface area contributed by atoms with Crippen LogP contribution in [0, 0.1) is 17.8 Å². The summed E-state index contributed by atoms with van der Waals surface area (Å²) in [6.45, 7) is 0.853. The van der Waals surface area contributed by atoms with Crippen LogP contribution in [0.1, 0.15) is 36.2 Å². The molecule has 0 unspecified atom stereocenters. The van der Waals surface area contributed by atoms with E-state index in [-0.39, 0.29) is 5.91 Å². The van der Waals surface area contributed by atoms with E-state index < -0.39 is 0 Å². The summed E-state index contributed by atoms with van der Waals surface area (Å²) in [5.41, 5.74) is 2.27. The zero-order chi connectivity index (χ0) is 11.0. The first-order valence-corrected chi connectivity index (χ1v) is 6.95. The van der Waals surface area contributed by atoms with Gasteiger partial charge in [0.15, 0.2) is 0 Å². The molecule has 86 valence electrons. The van der Waals surface area contributed by atoms with Crippen LogP contribution < -0.4 is 5.32 Å². The van der Waals surface area contributed by atoms with Crippen molar-refractivity contribution in [3.8, 4) is 0 Å². The Kier molecular flexibility index (Phi) is 2.67. The highest BCUT2D eigenvalue weighted by atomic mass is 32.1. The van der Waals surface area contributed by atoms with Gasteiger partial charge >= 0.3 is 0 Å². The van der Waals surface area contributed by atoms with Gasteiger partial charge in [-0.15, -0.1) is 11.3 Å². The van der Waals surface area contributed by atoms with Gasteiger partial charge in [0.05, 0.1) is 5.51 Å². The van der Waals surface area contributed by atoms with Crippen LogP contribution in [-0.2, 0) is 0 Å². The minimum atomic E-state index is -0.00690. The van der Waals surface area contributed by atoms with Crippen LogP contribution in [0.5, 0.6) is 0 Å². The van der Waals surface area contributed by atoms with E-state index in [1.165, 1.54) is 37.0 Å². The number of rotatable bonds is 5. The standard InChI is InChI=1S/C12H16N2OS/c15-12(11-6-16-7-14-11)13-5-10(8-1-2-8)9-3-4-9/h6-10H,1-5H2,(H,13,15). The lowest BCUT2D eigenvalue weighted by molar-refractivity contribution is 0.0939. The van der Waals surface area contributed by atoms with E-state index in [1.54, 1.807) is 10.9 Å². The number of carbonyl (C=O) groups excluding carboxylic acids is 1. The Hall–Kier alpha value is -0.900. The normalized spacial score (nSPS) is 20.1. The Morgan fingerprint density at radius 2 is 2.12 bits per heavy atom. The molecule has 4 heteroatoms. The molecule has 3 rings (SSSR count). The fraction of sp³-hybridized carbons (Fsp3) is 0.667. The third-order valence-electron chi connectivity index (χ3n) is 3.62. The first-order chi connectivity index (χ1) is 7.84. The number of nitrogens with one attached hydrogen (secondary N) is 1. The van der Waals surface area contributed by atoms with Crippen molar-refractivity contribution in [2.45, 2.75) is 25.7 Å². The summed E-state index contributed by atoms with van der Waals surface area (Å²) in [6, 6.07) is 0. The van der Waals surface area contributed by atoms with Crippen molar-refractivity contribution in [1.82, 2.24) is 10.3 Å². The molecule has 1 heterocycles. The SMILES string of the molecule is O=C(NCC(C1CC1)C1CC1)c1cscn1. The van der Waals surface area contributed by atoms with Crippen molar-refractivity contribution < 1.29 is 4.79 Å². The molecule has 0 spiro atoms. The van der Waals surface area contributed by atoms with Crippen molar-refractivity contribution in [2.75, 3.05) is 6.54 Å². The molecule has 1 amide bonds. The molecule has 1 aromatic heterocycles. The Morgan fingerprint density at radius 3 is 2.62 bits per heavy atom. The van der Waals surface area contributed by atoms with Crippen LogP contribution >= 0.6 is 11.3 Å². The molecule has 2 fully saturated rings. The number of hydrogen-bond acceptors (Lipinski definition) is 3. The van der Waals surface area contributed by atoms with Crippen molar-refractivity contribution in [3.05, 3.63) is 16.6 Å². The van der Waals surface area contributed by atoms with E-state index in [0.717, 1.165) is 24.3 Å². The van der Waals surface area contributed by atoms with Gasteiger partial charge in [-0.05, 0) is 43.4 Å². The van der Waals surface area contributed by atoms with Crippen LogP contribution in [0.4, 0.5) is 0 Å². The van der Waals surface area contributed by atoms with Crippen LogP contribution in [0.3, 0.4) is 0 Å². The lowest BCUT2D eigenvalue weighted by Crippen LogP contribution is -2.31. The van der Waals surface area contributed by atoms with Crippen molar-refractivity contribution >= 4 is 17.2 Å². The maximum absolute atomic E-state index is 11.7. The zero-order valence-corrected chi connectivity index (χ0v) is 10.0. The predicted octanol–water partition coefficient (Wildman–Crippen LogP) is 2.31. The van der Waals surface area contributed by atoms with E-state index >= 15 is 0 Å². The average Bonchev–Trinajstić information content (AvgIpc) is 3.21. The van der Waals surface area contributed by atoms with E-state index in [9.17, 15) is 4.79 Å². The van der Waals surface area contributed by atoms with Gasteiger partial charge in [-0.2, -0.15) is 0 Å². The highest BCUT2D eigenvalue weighted by Crippen LogP contribution is 2.48. The number of aromatic nitrogens is 1. The smallest absolute Gasteiger partial charge is 0.270 e. The fourth-order valence-corrected chi connectivity index (χ4v) is 2.92. The highest BCUT2D eigenvalue weighted by molar-refractivity contribution is 7.07. The first kappa shape index (κ1) is 10.3. The molecular weight excluding hydrogens is 220 g/mol. The van der Waals surface area contributed by atoms with Gasteiger partial charge in [-0.3, -0.25) is 4.79 Å². The fourth-order valence-electron chi connectivity index (χ4n) is 2.39. The maximum Gasteiger partial charge on any atom is 0.270 e. The predicted molar refractivity (Wildman–Crippen MR) is 63.4 cm³/mol. The molecular formula is C12H16N2OS. The van der Waals surface area contributed by atoms with Gasteiger partial charge in [0.1, 0.15) is 5.69 Å². The summed E-state index contributed by atoms with van der Waals surface area (Å²) in [6.07, 6.45) is 5.48. The summed E-state index contributed by atoms with van der Waals surface area (Å²) < 4.78 is 0. The van der Waals surface area contributed by atoms with Crippen LogP contribution in [-0.4, -0.2) is 17.4 Å². The highest BCUT2D eigenvalue weighted by Gasteiger charge is 2.41. The molecule has 0 bridgehead atoms. The van der Waals surface area contributed by atoms with Gasteiger partial charge in [0.2, 0.25) is 0 Å². The topological polar surface area (TPSA) is 42.0 Å². The summed E-state index contributed by atoms with van der Waals surface area (Å²) in [5, 5.41) is 4.84. The monoisotopic (exact) mass is 236 g/mol. The number of amides is 1. The van der Waals surface area contributed by atoms with E-state index in [2.05, 4.69) is 10.3 Å². The Labute approximate surface area is 99.3 Å². The van der Waals surface area contributed by atoms with Gasteiger partial charge < -0.3 is 5.32 Å². The Bertz CT molecular complexity index is 356. The molecule has 0 radical (unpaired) electrons. The van der Waals surface area contributed by atoms with E-state index in [1.807, 2.05) is 0 Å². The van der Waals surface area contributed by atoms with Crippen LogP contribution in [0.25, 0.3) is 0 Å². The molecule has 2 saturated carbocycles. The molecule has 16 heavy (non-hydrogen) atoms. The summed E-state index contributed by atoms with van der Waals surface area (Å²) in [4.78, 5) is 15.8. The van der Waals surface area contributed by atoms with Crippen molar-refractivity contribution in [1.29, 1.82) is 0 Å². The molecule has 0 aliphatic heterocycles. The molecule has 2 aliphatic rings. The minimum absolute atomic E-state index is 0.00690. The number of thiazole rings is 1. The van der Waals surface area contributed by atoms with Crippen LogP contribution in [0.2, 0.25) is 0 Å². The molecule has 0 saturated heterocycles. The molecule has 3 nitrogen and oxygen atoms in total. The number of carbonyl (C=O) groups is 1. The number of hydrogen-bond donors (Lipinski definition) is 1. The van der Waals surface area contributed by atoms with Gasteiger partial charge in [-0.25, -0.2) is 4.98 Å².